The van der Waals surface area contributed by atoms with Gasteiger partial charge >= 0.3 is 5.97 Å². The second kappa shape index (κ2) is 7.75. The van der Waals surface area contributed by atoms with Crippen LogP contribution in [-0.2, 0) is 14.3 Å². The summed E-state index contributed by atoms with van der Waals surface area (Å²) in [7, 11) is 3.40. The minimum atomic E-state index is -0.142. The van der Waals surface area contributed by atoms with Crippen LogP contribution in [0.3, 0.4) is 0 Å². The van der Waals surface area contributed by atoms with Crippen molar-refractivity contribution in [3.8, 4) is 0 Å². The lowest BCUT2D eigenvalue weighted by atomic mass is 9.97. The first-order valence-electron chi connectivity index (χ1n) is 7.86. The van der Waals surface area contributed by atoms with Crippen LogP contribution < -0.4 is 5.32 Å². The zero-order valence-electron chi connectivity index (χ0n) is 13.1. The van der Waals surface area contributed by atoms with Crippen molar-refractivity contribution in [3.63, 3.8) is 0 Å². The number of nitrogens with zero attached hydrogens (tertiary/aromatic N) is 2. The molecule has 2 fully saturated rings. The van der Waals surface area contributed by atoms with E-state index in [9.17, 15) is 9.59 Å². The SMILES string of the molecule is CNCC1CCN(CC(=O)N2CCC(C(=O)OC)CC2)C1. The number of rotatable bonds is 5. The van der Waals surface area contributed by atoms with Gasteiger partial charge in [0.05, 0.1) is 19.6 Å². The topological polar surface area (TPSA) is 61.9 Å². The molecule has 0 spiro atoms. The molecule has 1 atom stereocenters. The van der Waals surface area contributed by atoms with Crippen molar-refractivity contribution in [2.75, 3.05) is 53.4 Å². The van der Waals surface area contributed by atoms with Gasteiger partial charge in [-0.15, -0.1) is 0 Å². The highest BCUT2D eigenvalue weighted by Crippen LogP contribution is 2.20. The van der Waals surface area contributed by atoms with Crippen molar-refractivity contribution in [1.29, 1.82) is 0 Å². The summed E-state index contributed by atoms with van der Waals surface area (Å²) < 4.78 is 4.77. The maximum Gasteiger partial charge on any atom is 0.308 e. The predicted molar refractivity (Wildman–Crippen MR) is 79.8 cm³/mol. The fourth-order valence-electron chi connectivity index (χ4n) is 3.33. The van der Waals surface area contributed by atoms with E-state index in [1.807, 2.05) is 11.9 Å². The average molecular weight is 297 g/mol. The molecule has 1 unspecified atom stereocenters. The molecule has 1 amide bonds. The monoisotopic (exact) mass is 297 g/mol. The first kappa shape index (κ1) is 16.2. The lowest BCUT2D eigenvalue weighted by Crippen LogP contribution is -2.45. The van der Waals surface area contributed by atoms with Crippen molar-refractivity contribution in [2.45, 2.75) is 19.3 Å². The number of esters is 1. The van der Waals surface area contributed by atoms with E-state index >= 15 is 0 Å². The number of amides is 1. The van der Waals surface area contributed by atoms with Crippen LogP contribution in [0.25, 0.3) is 0 Å². The quantitative estimate of drug-likeness (QED) is 0.720. The Balaban J connectivity index is 1.72. The van der Waals surface area contributed by atoms with Gasteiger partial charge in [0.2, 0.25) is 5.91 Å². The summed E-state index contributed by atoms with van der Waals surface area (Å²) in [5.74, 6) is 0.679. The normalized spacial score (nSPS) is 24.3. The zero-order chi connectivity index (χ0) is 15.2. The molecule has 2 aliphatic heterocycles. The van der Waals surface area contributed by atoms with Crippen molar-refractivity contribution in [2.24, 2.45) is 11.8 Å². The molecule has 2 saturated heterocycles. The summed E-state index contributed by atoms with van der Waals surface area (Å²) in [4.78, 5) is 27.9. The Bertz CT molecular complexity index is 367. The number of piperidine rings is 1. The Labute approximate surface area is 126 Å². The second-order valence-corrected chi connectivity index (χ2v) is 6.13. The Morgan fingerprint density at radius 2 is 1.90 bits per heavy atom. The first-order chi connectivity index (χ1) is 10.1. The number of ether oxygens (including phenoxy) is 1. The molecule has 120 valence electrons. The summed E-state index contributed by atoms with van der Waals surface area (Å²) >= 11 is 0. The molecule has 0 radical (unpaired) electrons. The molecule has 0 aromatic carbocycles. The summed E-state index contributed by atoms with van der Waals surface area (Å²) in [6.45, 7) is 4.90. The molecule has 0 saturated carbocycles. The van der Waals surface area contributed by atoms with Crippen LogP contribution >= 0.6 is 0 Å². The lowest BCUT2D eigenvalue weighted by Gasteiger charge is -2.32. The van der Waals surface area contributed by atoms with Gasteiger partial charge in [0, 0.05) is 19.6 Å². The van der Waals surface area contributed by atoms with E-state index in [1.54, 1.807) is 0 Å². The predicted octanol–water partition coefficient (Wildman–Crippen LogP) is -0.0607. The van der Waals surface area contributed by atoms with E-state index < -0.39 is 0 Å². The van der Waals surface area contributed by atoms with Crippen molar-refractivity contribution in [1.82, 2.24) is 15.1 Å². The Hall–Kier alpha value is -1.14. The van der Waals surface area contributed by atoms with E-state index in [2.05, 4.69) is 10.2 Å². The molecule has 6 nitrogen and oxygen atoms in total. The number of hydrogen-bond donors (Lipinski definition) is 1. The summed E-state index contributed by atoms with van der Waals surface area (Å²) in [6.07, 6.45) is 2.61. The summed E-state index contributed by atoms with van der Waals surface area (Å²) in [5, 5.41) is 3.20. The third-order valence-electron chi connectivity index (χ3n) is 4.60. The van der Waals surface area contributed by atoms with Crippen LogP contribution in [0.15, 0.2) is 0 Å². The molecular formula is C15H27N3O3. The van der Waals surface area contributed by atoms with E-state index in [4.69, 9.17) is 4.74 Å². The van der Waals surface area contributed by atoms with Crippen molar-refractivity contribution >= 4 is 11.9 Å². The maximum atomic E-state index is 12.3. The van der Waals surface area contributed by atoms with E-state index in [1.165, 1.54) is 13.5 Å². The third-order valence-corrected chi connectivity index (χ3v) is 4.60. The number of hydrogen-bond acceptors (Lipinski definition) is 5. The lowest BCUT2D eigenvalue weighted by molar-refractivity contribution is -0.149. The fraction of sp³-hybridized carbons (Fsp3) is 0.867. The molecular weight excluding hydrogens is 270 g/mol. The Morgan fingerprint density at radius 3 is 2.52 bits per heavy atom. The van der Waals surface area contributed by atoms with Crippen LogP contribution in [0.5, 0.6) is 0 Å². The van der Waals surface area contributed by atoms with Crippen LogP contribution in [0.1, 0.15) is 19.3 Å². The number of carbonyl (C=O) groups excluding carboxylic acids is 2. The number of likely N-dealkylation sites (tertiary alicyclic amines) is 2. The summed E-state index contributed by atoms with van der Waals surface area (Å²) in [5.41, 5.74) is 0. The second-order valence-electron chi connectivity index (χ2n) is 6.13. The van der Waals surface area contributed by atoms with Crippen LogP contribution in [0.4, 0.5) is 0 Å². The number of methoxy groups -OCH3 is 1. The van der Waals surface area contributed by atoms with E-state index in [0.29, 0.717) is 25.6 Å². The van der Waals surface area contributed by atoms with Crippen molar-refractivity contribution < 1.29 is 14.3 Å². The molecule has 0 aromatic heterocycles. The van der Waals surface area contributed by atoms with Gasteiger partial charge in [-0.05, 0) is 45.3 Å². The van der Waals surface area contributed by atoms with Gasteiger partial charge < -0.3 is 15.0 Å². The number of carbonyl (C=O) groups is 2. The molecule has 2 rings (SSSR count). The van der Waals surface area contributed by atoms with Gasteiger partial charge in [0.1, 0.15) is 0 Å². The molecule has 0 aliphatic carbocycles. The van der Waals surface area contributed by atoms with Gasteiger partial charge in [0.15, 0.2) is 0 Å². The minimum absolute atomic E-state index is 0.0363. The first-order valence-corrected chi connectivity index (χ1v) is 7.86. The molecule has 21 heavy (non-hydrogen) atoms. The molecule has 0 bridgehead atoms. The fourth-order valence-corrected chi connectivity index (χ4v) is 3.33. The molecule has 0 aromatic rings. The van der Waals surface area contributed by atoms with Crippen LogP contribution in [-0.4, -0.2) is 75.1 Å². The highest BCUT2D eigenvalue weighted by atomic mass is 16.5. The van der Waals surface area contributed by atoms with E-state index in [0.717, 1.165) is 32.5 Å². The Kier molecular flexibility index (Phi) is 5.99. The van der Waals surface area contributed by atoms with Gasteiger partial charge in [-0.1, -0.05) is 0 Å². The van der Waals surface area contributed by atoms with Gasteiger partial charge in [0.25, 0.3) is 0 Å². The molecule has 2 heterocycles. The minimum Gasteiger partial charge on any atom is -0.469 e. The van der Waals surface area contributed by atoms with Crippen LogP contribution in [0.2, 0.25) is 0 Å². The van der Waals surface area contributed by atoms with Crippen LogP contribution in [0, 0.1) is 11.8 Å². The van der Waals surface area contributed by atoms with Gasteiger partial charge in [-0.3, -0.25) is 14.5 Å². The Morgan fingerprint density at radius 1 is 1.19 bits per heavy atom. The maximum absolute atomic E-state index is 12.3. The summed E-state index contributed by atoms with van der Waals surface area (Å²) in [6, 6.07) is 0. The largest absolute Gasteiger partial charge is 0.469 e. The molecule has 6 heteroatoms. The average Bonchev–Trinajstić information content (AvgIpc) is 2.94. The number of nitrogens with one attached hydrogen (secondary N) is 1. The van der Waals surface area contributed by atoms with Gasteiger partial charge in [-0.2, -0.15) is 0 Å². The highest BCUT2D eigenvalue weighted by Gasteiger charge is 2.30. The zero-order valence-corrected chi connectivity index (χ0v) is 13.1. The molecule has 2 aliphatic rings. The standard InChI is InChI=1S/C15H27N3O3/c1-16-9-12-3-6-17(10-12)11-14(19)18-7-4-13(5-8-18)15(20)21-2/h12-13,16H,3-11H2,1-2H3. The smallest absolute Gasteiger partial charge is 0.308 e. The highest BCUT2D eigenvalue weighted by molar-refractivity contribution is 5.79. The van der Waals surface area contributed by atoms with E-state index in [-0.39, 0.29) is 17.8 Å². The van der Waals surface area contributed by atoms with Gasteiger partial charge in [-0.25, -0.2) is 0 Å². The third kappa shape index (κ3) is 4.41. The van der Waals surface area contributed by atoms with Crippen molar-refractivity contribution in [3.05, 3.63) is 0 Å². The molecule has 1 N–H and O–H groups in total.